The molecular weight excluding hydrogens is 661 g/mol. The summed E-state index contributed by atoms with van der Waals surface area (Å²) in [5.74, 6) is 3.28. The first-order valence-electron chi connectivity index (χ1n) is 16.0. The van der Waals surface area contributed by atoms with Gasteiger partial charge in [-0.25, -0.2) is 14.5 Å². The van der Waals surface area contributed by atoms with Gasteiger partial charge in [0.15, 0.2) is 11.5 Å². The number of aryl methyl sites for hydroxylation is 2. The zero-order valence-corrected chi connectivity index (χ0v) is 29.8. The molecule has 0 fully saturated rings. The van der Waals surface area contributed by atoms with Crippen molar-refractivity contribution in [2.45, 2.75) is 40.9 Å². The summed E-state index contributed by atoms with van der Waals surface area (Å²) in [7, 11) is -0.544. The molecule has 0 unspecified atom stereocenters. The Kier molecular flexibility index (Phi) is 11.9. The number of aromatic nitrogens is 3. The molecule has 0 N–H and O–H groups in total. The van der Waals surface area contributed by atoms with Crippen molar-refractivity contribution in [1.82, 2.24) is 14.8 Å². The van der Waals surface area contributed by atoms with Crippen LogP contribution < -0.4 is 14.2 Å². The van der Waals surface area contributed by atoms with Crippen molar-refractivity contribution in [2.24, 2.45) is 0 Å². The lowest BCUT2D eigenvalue weighted by molar-refractivity contribution is 0.0600. The number of rotatable bonds is 16. The second kappa shape index (κ2) is 16.5. The summed E-state index contributed by atoms with van der Waals surface area (Å²) in [6, 6.07) is 20.4. The van der Waals surface area contributed by atoms with E-state index < -0.39 is 13.6 Å². The van der Waals surface area contributed by atoms with Crippen molar-refractivity contribution in [2.75, 3.05) is 27.4 Å². The van der Waals surface area contributed by atoms with E-state index in [9.17, 15) is 9.36 Å². The highest BCUT2D eigenvalue weighted by molar-refractivity contribution is 7.57. The number of carbonyl (C=O) groups is 1. The van der Waals surface area contributed by atoms with Crippen LogP contribution in [0, 0.1) is 13.8 Å². The van der Waals surface area contributed by atoms with E-state index in [-0.39, 0.29) is 26.4 Å². The van der Waals surface area contributed by atoms with Gasteiger partial charge >= 0.3 is 13.6 Å². The van der Waals surface area contributed by atoms with Gasteiger partial charge in [0.1, 0.15) is 24.7 Å². The zero-order chi connectivity index (χ0) is 35.7. The van der Waals surface area contributed by atoms with Gasteiger partial charge < -0.3 is 32.4 Å². The number of para-hydroxylation sites is 1. The van der Waals surface area contributed by atoms with Crippen LogP contribution in [-0.4, -0.2) is 48.2 Å². The number of hydrogen-bond donors (Lipinski definition) is 0. The van der Waals surface area contributed by atoms with E-state index in [2.05, 4.69) is 10.1 Å². The van der Waals surface area contributed by atoms with Crippen molar-refractivity contribution in [3.8, 4) is 34.5 Å². The summed E-state index contributed by atoms with van der Waals surface area (Å²) in [5, 5.41) is 4.64. The molecular formula is C37H40N3O9P. The number of esters is 1. The normalized spacial score (nSPS) is 11.6. The summed E-state index contributed by atoms with van der Waals surface area (Å²) in [4.78, 5) is 16.8. The van der Waals surface area contributed by atoms with Crippen LogP contribution in [0.3, 0.4) is 0 Å². The van der Waals surface area contributed by atoms with Gasteiger partial charge in [-0.1, -0.05) is 30.3 Å². The van der Waals surface area contributed by atoms with Crippen molar-refractivity contribution < 1.29 is 41.8 Å². The Morgan fingerprint density at radius 2 is 1.68 bits per heavy atom. The van der Waals surface area contributed by atoms with E-state index >= 15 is 0 Å². The van der Waals surface area contributed by atoms with Gasteiger partial charge in [-0.2, -0.15) is 0 Å². The van der Waals surface area contributed by atoms with Gasteiger partial charge in [-0.3, -0.25) is 4.57 Å². The molecule has 5 rings (SSSR count). The quantitative estimate of drug-likeness (QED) is 0.0726. The highest BCUT2D eigenvalue weighted by Gasteiger charge is 2.21. The fraction of sp³-hybridized carbons (Fsp3) is 0.270. The standard InChI is InChI=1S/C37H40N3O9P/c1-7-47-50(42,48-8-2)19-18-29-22-40(30-12-10-9-11-13-30)39-36(29)46-23-27-15-17-33(34(20-27)43-5)45-24-32-26(4)49-35(38-32)28-16-14-25(3)31(21-28)37(41)44-6/h9-22H,7-8,23-24H2,1-6H3/b19-18+. The Hall–Kier alpha value is -5.16. The van der Waals surface area contributed by atoms with E-state index in [1.54, 1.807) is 57.0 Å². The Bertz CT molecular complexity index is 1990. The molecule has 0 saturated carbocycles. The molecule has 262 valence electrons. The first-order chi connectivity index (χ1) is 24.2. The molecule has 0 aliphatic carbocycles. The summed E-state index contributed by atoms with van der Waals surface area (Å²) < 4.78 is 54.3. The first kappa shape index (κ1) is 36.1. The van der Waals surface area contributed by atoms with E-state index in [0.717, 1.165) is 16.8 Å². The summed E-state index contributed by atoms with van der Waals surface area (Å²) >= 11 is 0. The third kappa shape index (κ3) is 8.70. The maximum absolute atomic E-state index is 13.1. The topological polar surface area (TPSA) is 133 Å². The van der Waals surface area contributed by atoms with Crippen LogP contribution >= 0.6 is 7.60 Å². The minimum absolute atomic E-state index is 0.122. The van der Waals surface area contributed by atoms with Crippen LogP contribution in [0.1, 0.15) is 52.3 Å². The third-order valence-corrected chi connectivity index (χ3v) is 9.28. The van der Waals surface area contributed by atoms with E-state index in [0.29, 0.717) is 51.4 Å². The minimum atomic E-state index is -3.45. The number of hydrogen-bond acceptors (Lipinski definition) is 11. The SMILES string of the molecule is CCOP(=O)(/C=C/c1cn(-c2ccccc2)nc1OCc1ccc(OCc2nc(-c3ccc(C)c(C(=O)OC)c3)oc2C)c(OC)c1)OCC. The molecule has 0 aliphatic heterocycles. The Morgan fingerprint density at radius 3 is 2.38 bits per heavy atom. The maximum Gasteiger partial charge on any atom is 0.354 e. The maximum atomic E-state index is 13.1. The molecule has 0 atom stereocenters. The molecule has 12 nitrogen and oxygen atoms in total. The van der Waals surface area contributed by atoms with Crippen LogP contribution in [0.15, 0.2) is 83.2 Å². The van der Waals surface area contributed by atoms with Crippen LogP contribution in [0.25, 0.3) is 23.2 Å². The largest absolute Gasteiger partial charge is 0.493 e. The van der Waals surface area contributed by atoms with Gasteiger partial charge in [0, 0.05) is 17.6 Å². The number of carbonyl (C=O) groups excluding carboxylic acids is 1. The van der Waals surface area contributed by atoms with E-state index in [4.69, 9.17) is 32.4 Å². The van der Waals surface area contributed by atoms with Crippen molar-refractivity contribution in [3.63, 3.8) is 0 Å². The van der Waals surface area contributed by atoms with Crippen LogP contribution in [0.5, 0.6) is 17.4 Å². The second-order valence-corrected chi connectivity index (χ2v) is 12.9. The lowest BCUT2D eigenvalue weighted by atomic mass is 10.1. The molecule has 50 heavy (non-hydrogen) atoms. The molecule has 3 aromatic carbocycles. The highest BCUT2D eigenvalue weighted by Crippen LogP contribution is 2.50. The van der Waals surface area contributed by atoms with Crippen molar-refractivity contribution >= 4 is 19.6 Å². The van der Waals surface area contributed by atoms with E-state index in [1.807, 2.05) is 61.5 Å². The van der Waals surface area contributed by atoms with Gasteiger partial charge in [0.2, 0.25) is 11.8 Å². The lowest BCUT2D eigenvalue weighted by Gasteiger charge is -2.13. The molecule has 0 saturated heterocycles. The summed E-state index contributed by atoms with van der Waals surface area (Å²) in [5.41, 5.74) is 4.71. The smallest absolute Gasteiger partial charge is 0.354 e. The Morgan fingerprint density at radius 1 is 0.920 bits per heavy atom. The lowest BCUT2D eigenvalue weighted by Crippen LogP contribution is -2.04. The molecule has 5 aromatic rings. The Labute approximate surface area is 291 Å². The molecule has 0 radical (unpaired) electrons. The number of methoxy groups -OCH3 is 2. The Balaban J connectivity index is 1.31. The molecule has 0 amide bonds. The highest BCUT2D eigenvalue weighted by atomic mass is 31.2. The predicted molar refractivity (Wildman–Crippen MR) is 188 cm³/mol. The van der Waals surface area contributed by atoms with Gasteiger partial charge in [-0.05, 0) is 81.3 Å². The average molecular weight is 702 g/mol. The minimum Gasteiger partial charge on any atom is -0.493 e. The summed E-state index contributed by atoms with van der Waals surface area (Å²) in [6.07, 6.45) is 3.43. The summed E-state index contributed by atoms with van der Waals surface area (Å²) in [6.45, 7) is 7.91. The van der Waals surface area contributed by atoms with Crippen molar-refractivity contribution in [1.29, 1.82) is 0 Å². The first-order valence-corrected chi connectivity index (χ1v) is 17.6. The molecule has 0 bridgehead atoms. The number of oxazole rings is 1. The number of ether oxygens (including phenoxy) is 4. The fourth-order valence-electron chi connectivity index (χ4n) is 4.95. The van der Waals surface area contributed by atoms with Crippen molar-refractivity contribution in [3.05, 3.63) is 112 Å². The number of nitrogens with zero attached hydrogens (tertiary/aromatic N) is 3. The van der Waals surface area contributed by atoms with Crippen LogP contribution in [0.4, 0.5) is 0 Å². The molecule has 13 heteroatoms. The second-order valence-electron chi connectivity index (χ2n) is 11.0. The fourth-order valence-corrected chi connectivity index (χ4v) is 6.26. The third-order valence-electron chi connectivity index (χ3n) is 7.53. The average Bonchev–Trinajstić information content (AvgIpc) is 3.72. The molecule has 2 heterocycles. The zero-order valence-electron chi connectivity index (χ0n) is 28.9. The van der Waals surface area contributed by atoms with Crippen LogP contribution in [0.2, 0.25) is 0 Å². The van der Waals surface area contributed by atoms with E-state index in [1.165, 1.54) is 12.9 Å². The molecule has 0 aliphatic rings. The molecule has 2 aromatic heterocycles. The molecule has 0 spiro atoms. The van der Waals surface area contributed by atoms with Crippen LogP contribution in [-0.2, 0) is 31.6 Å². The monoisotopic (exact) mass is 701 g/mol. The number of benzene rings is 3. The van der Waals surface area contributed by atoms with Gasteiger partial charge in [-0.15, -0.1) is 5.10 Å². The predicted octanol–water partition coefficient (Wildman–Crippen LogP) is 8.33. The van der Waals surface area contributed by atoms with Gasteiger partial charge in [0.05, 0.1) is 44.2 Å². The van der Waals surface area contributed by atoms with Gasteiger partial charge in [0.25, 0.3) is 0 Å².